The molecule has 3 rings (SSSR count). The Morgan fingerprint density at radius 3 is 2.48 bits per heavy atom. The van der Waals surface area contributed by atoms with E-state index in [9.17, 15) is 19.3 Å². The van der Waals surface area contributed by atoms with Gasteiger partial charge in [0.15, 0.2) is 4.34 Å². The first kappa shape index (κ1) is 18.7. The van der Waals surface area contributed by atoms with Crippen LogP contribution in [0.4, 0.5) is 25.7 Å². The third-order valence-corrected chi connectivity index (χ3v) is 5.28. The quantitative estimate of drug-likeness (QED) is 0.270. The van der Waals surface area contributed by atoms with E-state index in [0.717, 1.165) is 5.56 Å². The number of nitro groups is 1. The van der Waals surface area contributed by atoms with Crippen LogP contribution in [-0.2, 0) is 5.75 Å². The van der Waals surface area contributed by atoms with Gasteiger partial charge in [-0.15, -0.1) is 10.2 Å². The lowest BCUT2D eigenvalue weighted by Gasteiger charge is -2.04. The SMILES string of the molecule is O=C(Nc1ccc(F)cc1)Nc1nnc(SCc2ccc([N+](=O)[O-])cc2)s1. The maximum absolute atomic E-state index is 12.8. The number of urea groups is 1. The third-order valence-electron chi connectivity index (χ3n) is 3.24. The van der Waals surface area contributed by atoms with Crippen molar-refractivity contribution in [2.75, 3.05) is 10.6 Å². The number of aromatic nitrogens is 2. The van der Waals surface area contributed by atoms with Gasteiger partial charge < -0.3 is 5.32 Å². The molecule has 0 saturated carbocycles. The molecule has 1 aromatic heterocycles. The van der Waals surface area contributed by atoms with Gasteiger partial charge in [0, 0.05) is 23.6 Å². The Balaban J connectivity index is 1.51. The zero-order chi connectivity index (χ0) is 19.2. The third kappa shape index (κ3) is 5.46. The van der Waals surface area contributed by atoms with Gasteiger partial charge in [-0.1, -0.05) is 35.2 Å². The second-order valence-corrected chi connectivity index (χ2v) is 7.37. The fourth-order valence-electron chi connectivity index (χ4n) is 1.97. The Kier molecular flexibility index (Phi) is 5.94. The lowest BCUT2D eigenvalue weighted by atomic mass is 10.2. The number of non-ortho nitro benzene ring substituents is 1. The van der Waals surface area contributed by atoms with Crippen LogP contribution < -0.4 is 10.6 Å². The summed E-state index contributed by atoms with van der Waals surface area (Å²) >= 11 is 2.61. The second-order valence-electron chi connectivity index (χ2n) is 5.17. The predicted octanol–water partition coefficient (Wildman–Crippen LogP) is 4.52. The Hall–Kier alpha value is -3.05. The minimum Gasteiger partial charge on any atom is -0.308 e. The van der Waals surface area contributed by atoms with Gasteiger partial charge in [-0.2, -0.15) is 0 Å². The number of carbonyl (C=O) groups is 1. The summed E-state index contributed by atoms with van der Waals surface area (Å²) < 4.78 is 13.5. The van der Waals surface area contributed by atoms with Crippen LogP contribution in [0, 0.1) is 15.9 Å². The van der Waals surface area contributed by atoms with Crippen molar-refractivity contribution in [1.29, 1.82) is 0 Å². The molecule has 2 aromatic carbocycles. The van der Waals surface area contributed by atoms with Crippen LogP contribution >= 0.6 is 23.1 Å². The fourth-order valence-corrected chi connectivity index (χ4v) is 3.67. The summed E-state index contributed by atoms with van der Waals surface area (Å²) in [6.07, 6.45) is 0. The molecule has 0 unspecified atom stereocenters. The molecule has 0 atom stereocenters. The first-order chi connectivity index (χ1) is 13.0. The molecular formula is C16H12FN5O3S2. The summed E-state index contributed by atoms with van der Waals surface area (Å²) in [6.45, 7) is 0. The Labute approximate surface area is 161 Å². The minimum absolute atomic E-state index is 0.0401. The highest BCUT2D eigenvalue weighted by atomic mass is 32.2. The van der Waals surface area contributed by atoms with Gasteiger partial charge in [-0.05, 0) is 29.8 Å². The molecule has 2 amide bonds. The molecule has 0 bridgehead atoms. The van der Waals surface area contributed by atoms with Crippen LogP contribution in [0.3, 0.4) is 0 Å². The van der Waals surface area contributed by atoms with Crippen molar-refractivity contribution < 1.29 is 14.1 Å². The van der Waals surface area contributed by atoms with Gasteiger partial charge >= 0.3 is 6.03 Å². The number of halogens is 1. The number of rotatable bonds is 6. The van der Waals surface area contributed by atoms with Gasteiger partial charge in [-0.25, -0.2) is 9.18 Å². The highest BCUT2D eigenvalue weighted by molar-refractivity contribution is 8.00. The lowest BCUT2D eigenvalue weighted by Crippen LogP contribution is -2.19. The molecule has 1 heterocycles. The summed E-state index contributed by atoms with van der Waals surface area (Å²) in [7, 11) is 0. The molecule has 3 aromatic rings. The highest BCUT2D eigenvalue weighted by Crippen LogP contribution is 2.28. The molecule has 138 valence electrons. The molecule has 11 heteroatoms. The molecule has 0 fully saturated rings. The van der Waals surface area contributed by atoms with Crippen LogP contribution in [0.5, 0.6) is 0 Å². The monoisotopic (exact) mass is 405 g/mol. The van der Waals surface area contributed by atoms with Crippen molar-refractivity contribution in [3.05, 3.63) is 70.0 Å². The van der Waals surface area contributed by atoms with Gasteiger partial charge in [0.25, 0.3) is 5.69 Å². The number of nitro benzene ring substituents is 1. The summed E-state index contributed by atoms with van der Waals surface area (Å²) in [4.78, 5) is 22.1. The smallest absolute Gasteiger partial charge is 0.308 e. The summed E-state index contributed by atoms with van der Waals surface area (Å²) in [5.74, 6) is 0.175. The number of nitrogens with zero attached hydrogens (tertiary/aromatic N) is 3. The van der Waals surface area contributed by atoms with E-state index >= 15 is 0 Å². The van der Waals surface area contributed by atoms with Crippen molar-refractivity contribution >= 4 is 45.6 Å². The van der Waals surface area contributed by atoms with Crippen molar-refractivity contribution in [3.63, 3.8) is 0 Å². The lowest BCUT2D eigenvalue weighted by molar-refractivity contribution is -0.384. The van der Waals surface area contributed by atoms with E-state index in [-0.39, 0.29) is 11.5 Å². The van der Waals surface area contributed by atoms with Gasteiger partial charge in [0.1, 0.15) is 5.82 Å². The van der Waals surface area contributed by atoms with Crippen LogP contribution in [0.25, 0.3) is 0 Å². The van der Waals surface area contributed by atoms with Gasteiger partial charge in [0.2, 0.25) is 5.13 Å². The Morgan fingerprint density at radius 2 is 1.81 bits per heavy atom. The van der Waals surface area contributed by atoms with Gasteiger partial charge in [-0.3, -0.25) is 15.4 Å². The molecule has 8 nitrogen and oxygen atoms in total. The van der Waals surface area contributed by atoms with Crippen molar-refractivity contribution in [2.45, 2.75) is 10.1 Å². The van der Waals surface area contributed by atoms with E-state index in [1.165, 1.54) is 59.5 Å². The van der Waals surface area contributed by atoms with E-state index in [0.29, 0.717) is 20.9 Å². The molecule has 0 radical (unpaired) electrons. The van der Waals surface area contributed by atoms with Crippen molar-refractivity contribution in [3.8, 4) is 0 Å². The summed E-state index contributed by atoms with van der Waals surface area (Å²) in [6, 6.07) is 11.1. The molecule has 0 aliphatic carbocycles. The average molecular weight is 405 g/mol. The largest absolute Gasteiger partial charge is 0.325 e. The summed E-state index contributed by atoms with van der Waals surface area (Å²) in [5.41, 5.74) is 1.40. The first-order valence-corrected chi connectivity index (χ1v) is 9.33. The predicted molar refractivity (Wildman–Crippen MR) is 102 cm³/mol. The molecular weight excluding hydrogens is 393 g/mol. The zero-order valence-electron chi connectivity index (χ0n) is 13.6. The number of anilines is 2. The second kappa shape index (κ2) is 8.56. The normalized spacial score (nSPS) is 10.4. The molecule has 0 aliphatic rings. The molecule has 0 spiro atoms. The Bertz CT molecular complexity index is 947. The number of carbonyl (C=O) groups excluding carboxylic acids is 1. The van der Waals surface area contributed by atoms with Crippen molar-refractivity contribution in [1.82, 2.24) is 10.2 Å². The molecule has 27 heavy (non-hydrogen) atoms. The van der Waals surface area contributed by atoms with Crippen LogP contribution in [0.2, 0.25) is 0 Å². The molecule has 0 aliphatic heterocycles. The highest BCUT2D eigenvalue weighted by Gasteiger charge is 2.10. The standard InChI is InChI=1S/C16H12FN5O3S2/c17-11-3-5-12(6-4-11)18-14(23)19-15-20-21-16(27-15)26-9-10-1-7-13(8-2-10)22(24)25/h1-8H,9H2,(H2,18,19,20,23). The molecule has 0 saturated heterocycles. The minimum atomic E-state index is -0.510. The van der Waals surface area contributed by atoms with E-state index in [2.05, 4.69) is 20.8 Å². The van der Waals surface area contributed by atoms with Gasteiger partial charge in [0.05, 0.1) is 4.92 Å². The number of benzene rings is 2. The number of amides is 2. The van der Waals surface area contributed by atoms with E-state index in [4.69, 9.17) is 0 Å². The number of thioether (sulfide) groups is 1. The zero-order valence-corrected chi connectivity index (χ0v) is 15.2. The van der Waals surface area contributed by atoms with E-state index in [1.54, 1.807) is 12.1 Å². The number of nitrogens with one attached hydrogen (secondary N) is 2. The Morgan fingerprint density at radius 1 is 1.11 bits per heavy atom. The van der Waals surface area contributed by atoms with Crippen molar-refractivity contribution in [2.24, 2.45) is 0 Å². The van der Waals surface area contributed by atoms with Crippen LogP contribution in [0.1, 0.15) is 5.56 Å². The maximum Gasteiger partial charge on any atom is 0.325 e. The van der Waals surface area contributed by atoms with E-state index < -0.39 is 11.0 Å². The van der Waals surface area contributed by atoms with Crippen LogP contribution in [-0.4, -0.2) is 21.2 Å². The number of hydrogen-bond donors (Lipinski definition) is 2. The molecule has 2 N–H and O–H groups in total. The topological polar surface area (TPSA) is 110 Å². The average Bonchev–Trinajstić information content (AvgIpc) is 3.09. The van der Waals surface area contributed by atoms with E-state index in [1.807, 2.05) is 0 Å². The summed E-state index contributed by atoms with van der Waals surface area (Å²) in [5, 5.41) is 23.9. The first-order valence-electron chi connectivity index (χ1n) is 7.53. The number of hydrogen-bond acceptors (Lipinski definition) is 7. The maximum atomic E-state index is 12.8. The fraction of sp³-hybridized carbons (Fsp3) is 0.0625. The van der Waals surface area contributed by atoms with Crippen LogP contribution in [0.15, 0.2) is 52.9 Å².